The van der Waals surface area contributed by atoms with Crippen LogP contribution < -0.4 is 4.74 Å². The third-order valence-electron chi connectivity index (χ3n) is 2.46. The van der Waals surface area contributed by atoms with Crippen molar-refractivity contribution in [3.63, 3.8) is 0 Å². The van der Waals surface area contributed by atoms with Gasteiger partial charge in [-0.3, -0.25) is 4.79 Å². The van der Waals surface area contributed by atoms with E-state index in [0.717, 1.165) is 17.1 Å². The summed E-state index contributed by atoms with van der Waals surface area (Å²) in [5.74, 6) is 1.64. The van der Waals surface area contributed by atoms with Gasteiger partial charge in [-0.1, -0.05) is 23.9 Å². The Hall–Kier alpha value is -1.22. The third kappa shape index (κ3) is 4.27. The van der Waals surface area contributed by atoms with E-state index in [1.54, 1.807) is 14.0 Å². The van der Waals surface area contributed by atoms with Gasteiger partial charge in [-0.2, -0.15) is 0 Å². The van der Waals surface area contributed by atoms with Crippen LogP contribution in [0.2, 0.25) is 0 Å². The van der Waals surface area contributed by atoms with Gasteiger partial charge in [0.25, 0.3) is 0 Å². The van der Waals surface area contributed by atoms with Crippen LogP contribution in [-0.2, 0) is 4.79 Å². The molecule has 0 heterocycles. The lowest BCUT2D eigenvalue weighted by molar-refractivity contribution is -0.109. The lowest BCUT2D eigenvalue weighted by atomic mass is 10.0. The zero-order valence-electron chi connectivity index (χ0n) is 10.7. The fraction of sp³-hybridized carbons (Fsp3) is 0.357. The minimum atomic E-state index is 0.150. The monoisotopic (exact) mass is 250 g/mol. The van der Waals surface area contributed by atoms with Crippen LogP contribution >= 0.6 is 11.8 Å². The standard InChI is InChI=1S/C14H18O2S/c1-10-9-14(16-4)11(2)8-13(10)6-5-7-17-12(3)15/h5-6,8-9H,7H2,1-4H3. The number of rotatable bonds is 4. The average molecular weight is 250 g/mol. The van der Waals surface area contributed by atoms with Crippen molar-refractivity contribution in [3.05, 3.63) is 34.9 Å². The van der Waals surface area contributed by atoms with E-state index in [1.165, 1.54) is 22.9 Å². The van der Waals surface area contributed by atoms with Crippen LogP contribution in [0.3, 0.4) is 0 Å². The molecule has 0 aromatic heterocycles. The molecule has 0 radical (unpaired) electrons. The molecule has 0 saturated carbocycles. The van der Waals surface area contributed by atoms with Gasteiger partial charge in [0.05, 0.1) is 7.11 Å². The first-order valence-electron chi connectivity index (χ1n) is 5.49. The number of carbonyl (C=O) groups is 1. The van der Waals surface area contributed by atoms with Gasteiger partial charge >= 0.3 is 0 Å². The summed E-state index contributed by atoms with van der Waals surface area (Å²) in [7, 11) is 1.68. The molecule has 0 aliphatic rings. The van der Waals surface area contributed by atoms with Crippen molar-refractivity contribution in [1.29, 1.82) is 0 Å². The highest BCUT2D eigenvalue weighted by Crippen LogP contribution is 2.23. The van der Waals surface area contributed by atoms with Gasteiger partial charge in [0.1, 0.15) is 5.75 Å². The van der Waals surface area contributed by atoms with Crippen molar-refractivity contribution in [2.75, 3.05) is 12.9 Å². The SMILES string of the molecule is COc1cc(C)c(C=CCSC(C)=O)cc1C. The second-order valence-electron chi connectivity index (χ2n) is 3.88. The molecule has 0 atom stereocenters. The quantitative estimate of drug-likeness (QED) is 0.816. The fourth-order valence-electron chi connectivity index (χ4n) is 1.55. The van der Waals surface area contributed by atoms with Gasteiger partial charge < -0.3 is 4.74 Å². The molecule has 1 aromatic rings. The Balaban J connectivity index is 2.78. The molecular weight excluding hydrogens is 232 g/mol. The molecule has 0 saturated heterocycles. The molecule has 0 N–H and O–H groups in total. The van der Waals surface area contributed by atoms with Crippen molar-refractivity contribution in [1.82, 2.24) is 0 Å². The van der Waals surface area contributed by atoms with Crippen LogP contribution in [0.5, 0.6) is 5.75 Å². The van der Waals surface area contributed by atoms with E-state index in [4.69, 9.17) is 4.74 Å². The van der Waals surface area contributed by atoms with Gasteiger partial charge in [0, 0.05) is 12.7 Å². The Morgan fingerprint density at radius 3 is 2.65 bits per heavy atom. The Morgan fingerprint density at radius 1 is 1.35 bits per heavy atom. The van der Waals surface area contributed by atoms with E-state index in [1.807, 2.05) is 19.1 Å². The van der Waals surface area contributed by atoms with Gasteiger partial charge in [-0.05, 0) is 42.7 Å². The summed E-state index contributed by atoms with van der Waals surface area (Å²) in [5, 5.41) is 0.150. The molecule has 0 aliphatic carbocycles. The van der Waals surface area contributed by atoms with Crippen LogP contribution in [0.25, 0.3) is 6.08 Å². The Bertz CT molecular complexity index is 436. The number of carbonyl (C=O) groups excluding carboxylic acids is 1. The number of hydrogen-bond acceptors (Lipinski definition) is 3. The molecule has 3 heteroatoms. The fourth-order valence-corrected chi connectivity index (χ4v) is 1.98. The molecule has 17 heavy (non-hydrogen) atoms. The normalized spacial score (nSPS) is 10.8. The molecule has 0 bridgehead atoms. The van der Waals surface area contributed by atoms with Gasteiger partial charge in [-0.15, -0.1) is 0 Å². The highest BCUT2D eigenvalue weighted by atomic mass is 32.2. The summed E-state index contributed by atoms with van der Waals surface area (Å²) >= 11 is 1.32. The summed E-state index contributed by atoms with van der Waals surface area (Å²) < 4.78 is 5.27. The zero-order chi connectivity index (χ0) is 12.8. The molecular formula is C14H18O2S. The van der Waals surface area contributed by atoms with Crippen LogP contribution in [-0.4, -0.2) is 18.0 Å². The van der Waals surface area contributed by atoms with E-state index < -0.39 is 0 Å². The smallest absolute Gasteiger partial charge is 0.186 e. The van der Waals surface area contributed by atoms with E-state index in [-0.39, 0.29) is 5.12 Å². The topological polar surface area (TPSA) is 26.3 Å². The van der Waals surface area contributed by atoms with E-state index in [2.05, 4.69) is 19.1 Å². The highest BCUT2D eigenvalue weighted by molar-refractivity contribution is 8.13. The second kappa shape index (κ2) is 6.50. The first-order chi connectivity index (χ1) is 8.04. The molecule has 0 amide bonds. The Morgan fingerprint density at radius 2 is 2.06 bits per heavy atom. The maximum atomic E-state index is 10.8. The second-order valence-corrected chi connectivity index (χ2v) is 5.08. The van der Waals surface area contributed by atoms with Crippen LogP contribution in [0.1, 0.15) is 23.6 Å². The first kappa shape index (κ1) is 13.8. The molecule has 1 aromatic carbocycles. The molecule has 2 nitrogen and oxygen atoms in total. The molecule has 92 valence electrons. The number of benzene rings is 1. The number of ether oxygens (including phenoxy) is 1. The van der Waals surface area contributed by atoms with Crippen molar-refractivity contribution in [3.8, 4) is 5.75 Å². The lowest BCUT2D eigenvalue weighted by Crippen LogP contribution is -1.90. The zero-order valence-corrected chi connectivity index (χ0v) is 11.6. The van der Waals surface area contributed by atoms with Crippen LogP contribution in [0, 0.1) is 13.8 Å². The molecule has 0 fully saturated rings. The van der Waals surface area contributed by atoms with Gasteiger partial charge in [-0.25, -0.2) is 0 Å². The number of aryl methyl sites for hydroxylation is 2. The summed E-state index contributed by atoms with van der Waals surface area (Å²) in [6.07, 6.45) is 4.07. The summed E-state index contributed by atoms with van der Waals surface area (Å²) in [5.41, 5.74) is 3.47. The number of thioether (sulfide) groups is 1. The lowest BCUT2D eigenvalue weighted by Gasteiger charge is -2.08. The maximum absolute atomic E-state index is 10.8. The van der Waals surface area contributed by atoms with Crippen molar-refractivity contribution < 1.29 is 9.53 Å². The van der Waals surface area contributed by atoms with Crippen molar-refractivity contribution in [2.24, 2.45) is 0 Å². The summed E-state index contributed by atoms with van der Waals surface area (Å²) in [6, 6.07) is 4.14. The Labute approximate surface area is 107 Å². The first-order valence-corrected chi connectivity index (χ1v) is 6.48. The average Bonchev–Trinajstić information content (AvgIpc) is 2.28. The highest BCUT2D eigenvalue weighted by Gasteiger charge is 2.02. The molecule has 0 unspecified atom stereocenters. The number of hydrogen-bond donors (Lipinski definition) is 0. The maximum Gasteiger partial charge on any atom is 0.186 e. The van der Waals surface area contributed by atoms with Crippen LogP contribution in [0.15, 0.2) is 18.2 Å². The number of methoxy groups -OCH3 is 1. The third-order valence-corrected chi connectivity index (χ3v) is 3.23. The van der Waals surface area contributed by atoms with Gasteiger partial charge in [0.15, 0.2) is 5.12 Å². The summed E-state index contributed by atoms with van der Waals surface area (Å²) in [4.78, 5) is 10.8. The minimum Gasteiger partial charge on any atom is -0.496 e. The van der Waals surface area contributed by atoms with Crippen molar-refractivity contribution >= 4 is 23.0 Å². The predicted octanol–water partition coefficient (Wildman–Crippen LogP) is 3.60. The molecule has 0 aliphatic heterocycles. The summed E-state index contributed by atoms with van der Waals surface area (Å²) in [6.45, 7) is 5.67. The van der Waals surface area contributed by atoms with E-state index in [9.17, 15) is 4.79 Å². The molecule has 1 rings (SSSR count). The van der Waals surface area contributed by atoms with Crippen LogP contribution in [0.4, 0.5) is 0 Å². The van der Waals surface area contributed by atoms with Gasteiger partial charge in [0.2, 0.25) is 0 Å². The largest absolute Gasteiger partial charge is 0.496 e. The Kier molecular flexibility index (Phi) is 5.29. The predicted molar refractivity (Wildman–Crippen MR) is 74.6 cm³/mol. The van der Waals surface area contributed by atoms with E-state index in [0.29, 0.717) is 0 Å². The molecule has 0 spiro atoms. The van der Waals surface area contributed by atoms with E-state index >= 15 is 0 Å². The minimum absolute atomic E-state index is 0.150. The van der Waals surface area contributed by atoms with Crippen molar-refractivity contribution in [2.45, 2.75) is 20.8 Å².